The Hall–Kier alpha value is -1.36. The fourth-order valence-electron chi connectivity index (χ4n) is 2.16. The predicted molar refractivity (Wildman–Crippen MR) is 89.4 cm³/mol. The average Bonchev–Trinajstić information content (AvgIpc) is 2.44. The Labute approximate surface area is 140 Å². The first-order valence-electron chi connectivity index (χ1n) is 7.52. The number of aromatic carboxylic acids is 1. The van der Waals surface area contributed by atoms with Gasteiger partial charge < -0.3 is 9.84 Å². The van der Waals surface area contributed by atoms with Crippen LogP contribution in [0.25, 0.3) is 0 Å². The molecule has 0 aliphatic rings. The van der Waals surface area contributed by atoms with Gasteiger partial charge in [-0.1, -0.05) is 49.5 Å². The van der Waals surface area contributed by atoms with Gasteiger partial charge >= 0.3 is 11.9 Å². The van der Waals surface area contributed by atoms with E-state index in [1.807, 2.05) is 20.8 Å². The number of carboxylic acids is 1. The van der Waals surface area contributed by atoms with Gasteiger partial charge in [-0.15, -0.1) is 0 Å². The van der Waals surface area contributed by atoms with Crippen molar-refractivity contribution in [1.29, 1.82) is 0 Å². The molecule has 1 aromatic carbocycles. The number of carboxylic acid groups (broad SMARTS) is 1. The minimum atomic E-state index is -1.14. The summed E-state index contributed by atoms with van der Waals surface area (Å²) in [5, 5.41) is 9.29. The first kappa shape index (κ1) is 18.7. The van der Waals surface area contributed by atoms with Crippen LogP contribution in [0.15, 0.2) is 16.6 Å². The van der Waals surface area contributed by atoms with Gasteiger partial charge in [0.25, 0.3) is 0 Å². The SMILES string of the molecule is CCCCC(OC(=O)c1cc(C)c(Br)cc1C(=O)O)C(C)C. The van der Waals surface area contributed by atoms with Crippen molar-refractivity contribution < 1.29 is 19.4 Å². The monoisotopic (exact) mass is 370 g/mol. The van der Waals surface area contributed by atoms with Crippen LogP contribution in [0.5, 0.6) is 0 Å². The molecule has 1 atom stereocenters. The number of esters is 1. The molecule has 0 saturated heterocycles. The number of halogens is 1. The molecule has 0 radical (unpaired) electrons. The van der Waals surface area contributed by atoms with Crippen molar-refractivity contribution in [2.75, 3.05) is 0 Å². The molecule has 122 valence electrons. The van der Waals surface area contributed by atoms with Gasteiger partial charge in [-0.2, -0.15) is 0 Å². The Morgan fingerprint density at radius 3 is 2.41 bits per heavy atom. The molecule has 0 spiro atoms. The van der Waals surface area contributed by atoms with Crippen LogP contribution < -0.4 is 0 Å². The lowest BCUT2D eigenvalue weighted by Crippen LogP contribution is -2.25. The van der Waals surface area contributed by atoms with E-state index in [1.165, 1.54) is 6.07 Å². The first-order chi connectivity index (χ1) is 10.3. The molecule has 0 amide bonds. The summed E-state index contributed by atoms with van der Waals surface area (Å²) in [4.78, 5) is 23.8. The molecule has 0 bridgehead atoms. The summed E-state index contributed by atoms with van der Waals surface area (Å²) < 4.78 is 6.23. The number of carbonyl (C=O) groups excluding carboxylic acids is 1. The maximum atomic E-state index is 12.4. The molecule has 4 nitrogen and oxygen atoms in total. The van der Waals surface area contributed by atoms with Gasteiger partial charge in [0.15, 0.2) is 0 Å². The highest BCUT2D eigenvalue weighted by Gasteiger charge is 2.24. The number of carbonyl (C=O) groups is 2. The van der Waals surface area contributed by atoms with E-state index in [2.05, 4.69) is 22.9 Å². The van der Waals surface area contributed by atoms with Gasteiger partial charge in [0.1, 0.15) is 6.10 Å². The maximum Gasteiger partial charge on any atom is 0.339 e. The van der Waals surface area contributed by atoms with Gasteiger partial charge in [0.05, 0.1) is 11.1 Å². The highest BCUT2D eigenvalue weighted by Crippen LogP contribution is 2.24. The zero-order valence-electron chi connectivity index (χ0n) is 13.5. The Kier molecular flexibility index (Phi) is 7.07. The highest BCUT2D eigenvalue weighted by atomic mass is 79.9. The van der Waals surface area contributed by atoms with E-state index in [4.69, 9.17) is 4.74 Å². The van der Waals surface area contributed by atoms with Crippen LogP contribution >= 0.6 is 15.9 Å². The number of aryl methyl sites for hydroxylation is 1. The van der Waals surface area contributed by atoms with Crippen molar-refractivity contribution in [3.8, 4) is 0 Å². The minimum Gasteiger partial charge on any atom is -0.478 e. The number of benzene rings is 1. The van der Waals surface area contributed by atoms with E-state index >= 15 is 0 Å². The number of ether oxygens (including phenoxy) is 1. The van der Waals surface area contributed by atoms with Crippen LogP contribution in [0.3, 0.4) is 0 Å². The number of hydrogen-bond acceptors (Lipinski definition) is 3. The molecule has 0 aromatic heterocycles. The van der Waals surface area contributed by atoms with E-state index < -0.39 is 11.9 Å². The van der Waals surface area contributed by atoms with Crippen LogP contribution in [0.1, 0.15) is 66.3 Å². The average molecular weight is 371 g/mol. The summed E-state index contributed by atoms with van der Waals surface area (Å²) >= 11 is 3.29. The fourth-order valence-corrected chi connectivity index (χ4v) is 2.51. The largest absolute Gasteiger partial charge is 0.478 e. The minimum absolute atomic E-state index is 0.0412. The summed E-state index contributed by atoms with van der Waals surface area (Å²) in [5.41, 5.74) is 0.863. The third kappa shape index (κ3) is 4.83. The molecule has 1 aromatic rings. The van der Waals surface area contributed by atoms with Crippen LogP contribution in [0, 0.1) is 12.8 Å². The van der Waals surface area contributed by atoms with Gasteiger partial charge in [-0.25, -0.2) is 9.59 Å². The third-order valence-corrected chi connectivity index (χ3v) is 4.45. The second kappa shape index (κ2) is 8.32. The van der Waals surface area contributed by atoms with Gasteiger partial charge in [-0.3, -0.25) is 0 Å². The predicted octanol–water partition coefficient (Wildman–Crippen LogP) is 4.83. The molecule has 5 heteroatoms. The van der Waals surface area contributed by atoms with Crippen molar-refractivity contribution in [3.63, 3.8) is 0 Å². The first-order valence-corrected chi connectivity index (χ1v) is 8.31. The molecular weight excluding hydrogens is 348 g/mol. The summed E-state index contributed by atoms with van der Waals surface area (Å²) in [6.07, 6.45) is 2.59. The Bertz CT molecular complexity index is 552. The van der Waals surface area contributed by atoms with Crippen LogP contribution in [0.2, 0.25) is 0 Å². The van der Waals surface area contributed by atoms with Crippen LogP contribution in [0.4, 0.5) is 0 Å². The molecule has 22 heavy (non-hydrogen) atoms. The zero-order chi connectivity index (χ0) is 16.9. The van der Waals surface area contributed by atoms with Crippen LogP contribution in [-0.2, 0) is 4.74 Å². The van der Waals surface area contributed by atoms with Gasteiger partial charge in [0, 0.05) is 4.47 Å². The van der Waals surface area contributed by atoms with Crippen molar-refractivity contribution in [2.45, 2.75) is 53.1 Å². The molecule has 0 aliphatic heterocycles. The van der Waals surface area contributed by atoms with Crippen molar-refractivity contribution in [3.05, 3.63) is 33.3 Å². The second-order valence-corrected chi connectivity index (χ2v) is 6.64. The van der Waals surface area contributed by atoms with E-state index in [1.54, 1.807) is 6.07 Å². The fraction of sp³-hybridized carbons (Fsp3) is 0.529. The lowest BCUT2D eigenvalue weighted by molar-refractivity contribution is 0.0148. The van der Waals surface area contributed by atoms with Crippen molar-refractivity contribution >= 4 is 27.9 Å². The second-order valence-electron chi connectivity index (χ2n) is 5.78. The third-order valence-electron chi connectivity index (χ3n) is 3.59. The molecule has 1 unspecified atom stereocenters. The molecule has 0 aliphatic carbocycles. The molecular formula is C17H23BrO4. The van der Waals surface area contributed by atoms with E-state index in [0.29, 0.717) is 4.47 Å². The van der Waals surface area contributed by atoms with E-state index in [0.717, 1.165) is 24.8 Å². The zero-order valence-corrected chi connectivity index (χ0v) is 15.1. The quantitative estimate of drug-likeness (QED) is 0.698. The highest BCUT2D eigenvalue weighted by molar-refractivity contribution is 9.10. The van der Waals surface area contributed by atoms with E-state index in [9.17, 15) is 14.7 Å². The lowest BCUT2D eigenvalue weighted by atomic mass is 10.0. The normalized spacial score (nSPS) is 12.3. The summed E-state index contributed by atoms with van der Waals surface area (Å²) in [7, 11) is 0. The van der Waals surface area contributed by atoms with Crippen molar-refractivity contribution in [1.82, 2.24) is 0 Å². The van der Waals surface area contributed by atoms with E-state index in [-0.39, 0.29) is 23.1 Å². The topological polar surface area (TPSA) is 63.6 Å². The Morgan fingerprint density at radius 1 is 1.27 bits per heavy atom. The standard InChI is InChI=1S/C17H23BrO4/c1-5-6-7-15(10(2)3)22-17(21)13-8-11(4)14(18)9-12(13)16(19)20/h8-10,15H,5-7H2,1-4H3,(H,19,20). The summed E-state index contributed by atoms with van der Waals surface area (Å²) in [6, 6.07) is 3.01. The number of hydrogen-bond donors (Lipinski definition) is 1. The molecule has 1 N–H and O–H groups in total. The summed E-state index contributed by atoms with van der Waals surface area (Å²) in [5.74, 6) is -1.51. The number of unbranched alkanes of at least 4 members (excludes halogenated alkanes) is 1. The Morgan fingerprint density at radius 2 is 1.91 bits per heavy atom. The maximum absolute atomic E-state index is 12.4. The van der Waals surface area contributed by atoms with Gasteiger partial charge in [0.2, 0.25) is 0 Å². The molecule has 1 rings (SSSR count). The Balaban J connectivity index is 3.06. The summed E-state index contributed by atoms with van der Waals surface area (Å²) in [6.45, 7) is 7.89. The van der Waals surface area contributed by atoms with Gasteiger partial charge in [-0.05, 0) is 37.0 Å². The molecule has 0 fully saturated rings. The molecule has 0 heterocycles. The number of rotatable bonds is 7. The van der Waals surface area contributed by atoms with Crippen molar-refractivity contribution in [2.24, 2.45) is 5.92 Å². The lowest BCUT2D eigenvalue weighted by Gasteiger charge is -2.22. The molecule has 0 saturated carbocycles. The smallest absolute Gasteiger partial charge is 0.339 e. The van der Waals surface area contributed by atoms with Crippen LogP contribution in [-0.4, -0.2) is 23.1 Å².